The van der Waals surface area contributed by atoms with Gasteiger partial charge in [0, 0.05) is 21.7 Å². The average molecular weight is 484 g/mol. The SMILES string of the molecule is Cc1cc(Cl)ccc1NC(=O)CSc1nc2scc(-c3ccc(C(C)C)cc3)c2c(=O)[nH]1. The molecule has 2 heterocycles. The van der Waals surface area contributed by atoms with E-state index in [1.165, 1.54) is 28.7 Å². The minimum absolute atomic E-state index is 0.130. The smallest absolute Gasteiger partial charge is 0.260 e. The van der Waals surface area contributed by atoms with Crippen LogP contribution in [-0.4, -0.2) is 21.6 Å². The lowest BCUT2D eigenvalue weighted by Gasteiger charge is -2.08. The highest BCUT2D eigenvalue weighted by Gasteiger charge is 2.14. The van der Waals surface area contributed by atoms with E-state index in [1.54, 1.807) is 18.2 Å². The molecule has 0 spiro atoms. The number of anilines is 1. The zero-order valence-electron chi connectivity index (χ0n) is 17.9. The van der Waals surface area contributed by atoms with Crippen LogP contribution in [0.1, 0.15) is 30.9 Å². The highest BCUT2D eigenvalue weighted by atomic mass is 35.5. The number of carbonyl (C=O) groups excluding carboxylic acids is 1. The number of thioether (sulfide) groups is 1. The van der Waals surface area contributed by atoms with Crippen molar-refractivity contribution in [2.45, 2.75) is 31.8 Å². The predicted octanol–water partition coefficient (Wildman–Crippen LogP) is 6.47. The van der Waals surface area contributed by atoms with Gasteiger partial charge in [-0.05, 0) is 47.7 Å². The summed E-state index contributed by atoms with van der Waals surface area (Å²) in [7, 11) is 0. The second-order valence-corrected chi connectivity index (χ2v) is 10.0. The Bertz CT molecular complexity index is 1340. The fraction of sp³-hybridized carbons (Fsp3) is 0.208. The summed E-state index contributed by atoms with van der Waals surface area (Å²) in [4.78, 5) is 33.2. The van der Waals surface area contributed by atoms with E-state index >= 15 is 0 Å². The third kappa shape index (κ3) is 4.90. The van der Waals surface area contributed by atoms with E-state index in [9.17, 15) is 9.59 Å². The second kappa shape index (κ2) is 9.48. The second-order valence-electron chi connectivity index (χ2n) is 7.77. The Morgan fingerprint density at radius 3 is 2.66 bits per heavy atom. The third-order valence-corrected chi connectivity index (χ3v) is 7.09. The standard InChI is InChI=1S/C24H22ClN3O2S2/c1-13(2)15-4-6-16(7-5-15)18-11-31-23-21(18)22(30)27-24(28-23)32-12-20(29)26-19-9-8-17(25)10-14(19)3/h4-11,13H,12H2,1-3H3,(H,26,29)(H,27,28,30). The normalized spacial score (nSPS) is 11.3. The van der Waals surface area contributed by atoms with Crippen molar-refractivity contribution in [3.63, 3.8) is 0 Å². The van der Waals surface area contributed by atoms with Crippen LogP contribution in [0.15, 0.2) is 57.8 Å². The van der Waals surface area contributed by atoms with Crippen LogP contribution in [-0.2, 0) is 4.79 Å². The first kappa shape index (κ1) is 22.6. The molecule has 8 heteroatoms. The van der Waals surface area contributed by atoms with Gasteiger partial charge in [0.05, 0.1) is 11.1 Å². The maximum atomic E-state index is 12.8. The molecule has 0 unspecified atom stereocenters. The van der Waals surface area contributed by atoms with Gasteiger partial charge in [-0.2, -0.15) is 0 Å². The number of aromatic amines is 1. The number of H-pyrrole nitrogens is 1. The fourth-order valence-electron chi connectivity index (χ4n) is 3.35. The number of nitrogens with zero attached hydrogens (tertiary/aromatic N) is 1. The van der Waals surface area contributed by atoms with Crippen LogP contribution in [0.3, 0.4) is 0 Å². The predicted molar refractivity (Wildman–Crippen MR) is 135 cm³/mol. The lowest BCUT2D eigenvalue weighted by atomic mass is 9.99. The van der Waals surface area contributed by atoms with Gasteiger partial charge in [0.1, 0.15) is 4.83 Å². The number of amides is 1. The molecule has 0 aliphatic heterocycles. The van der Waals surface area contributed by atoms with E-state index in [1.807, 2.05) is 24.4 Å². The number of rotatable bonds is 6. The van der Waals surface area contributed by atoms with E-state index in [4.69, 9.17) is 11.6 Å². The van der Waals surface area contributed by atoms with Crippen molar-refractivity contribution in [2.24, 2.45) is 0 Å². The van der Waals surface area contributed by atoms with Crippen molar-refractivity contribution in [3.05, 3.63) is 74.3 Å². The number of fused-ring (bicyclic) bond motifs is 1. The molecular formula is C24H22ClN3O2S2. The summed E-state index contributed by atoms with van der Waals surface area (Å²) in [6, 6.07) is 13.6. The van der Waals surface area contributed by atoms with Crippen LogP contribution < -0.4 is 10.9 Å². The molecule has 4 aromatic rings. The molecule has 0 atom stereocenters. The molecule has 32 heavy (non-hydrogen) atoms. The number of hydrogen-bond acceptors (Lipinski definition) is 5. The van der Waals surface area contributed by atoms with Gasteiger partial charge in [-0.3, -0.25) is 9.59 Å². The van der Waals surface area contributed by atoms with E-state index < -0.39 is 0 Å². The summed E-state index contributed by atoms with van der Waals surface area (Å²) >= 11 is 8.59. The number of halogens is 1. The largest absolute Gasteiger partial charge is 0.325 e. The van der Waals surface area contributed by atoms with E-state index in [-0.39, 0.29) is 17.2 Å². The Morgan fingerprint density at radius 1 is 1.22 bits per heavy atom. The number of thiophene rings is 1. The average Bonchev–Trinajstić information content (AvgIpc) is 3.19. The summed E-state index contributed by atoms with van der Waals surface area (Å²) in [6.07, 6.45) is 0. The molecule has 0 bridgehead atoms. The maximum absolute atomic E-state index is 12.8. The molecule has 164 valence electrons. The lowest BCUT2D eigenvalue weighted by molar-refractivity contribution is -0.113. The topological polar surface area (TPSA) is 74.8 Å². The van der Waals surface area contributed by atoms with Crippen LogP contribution in [0.5, 0.6) is 0 Å². The van der Waals surface area contributed by atoms with Gasteiger partial charge < -0.3 is 10.3 Å². The van der Waals surface area contributed by atoms with Gasteiger partial charge in [0.2, 0.25) is 5.91 Å². The summed E-state index contributed by atoms with van der Waals surface area (Å²) in [5.41, 5.74) is 4.52. The van der Waals surface area contributed by atoms with Gasteiger partial charge in [-0.1, -0.05) is 61.5 Å². The molecular weight excluding hydrogens is 462 g/mol. The van der Waals surface area contributed by atoms with Crippen molar-refractivity contribution < 1.29 is 4.79 Å². The third-order valence-electron chi connectivity index (χ3n) is 5.11. The van der Waals surface area contributed by atoms with Crippen LogP contribution in [0.4, 0.5) is 5.69 Å². The molecule has 2 aromatic carbocycles. The van der Waals surface area contributed by atoms with Crippen molar-refractivity contribution in [3.8, 4) is 11.1 Å². The molecule has 0 aliphatic carbocycles. The van der Waals surface area contributed by atoms with Crippen molar-refractivity contribution >= 4 is 56.5 Å². The van der Waals surface area contributed by atoms with Crippen LogP contribution >= 0.6 is 34.7 Å². The number of nitrogens with one attached hydrogen (secondary N) is 2. The Hall–Kier alpha value is -2.61. The van der Waals surface area contributed by atoms with Crippen LogP contribution in [0.2, 0.25) is 5.02 Å². The Balaban J connectivity index is 1.50. The Kier molecular flexibility index (Phi) is 6.69. The first-order valence-electron chi connectivity index (χ1n) is 10.1. The Labute approximate surface area is 199 Å². The molecule has 1 amide bonds. The highest BCUT2D eigenvalue weighted by molar-refractivity contribution is 7.99. The molecule has 0 radical (unpaired) electrons. The monoisotopic (exact) mass is 483 g/mol. The summed E-state index contributed by atoms with van der Waals surface area (Å²) in [5.74, 6) is 0.403. The van der Waals surface area contributed by atoms with Crippen molar-refractivity contribution in [2.75, 3.05) is 11.1 Å². The number of hydrogen-bond donors (Lipinski definition) is 2. The zero-order chi connectivity index (χ0) is 22.8. The number of benzene rings is 2. The molecule has 5 nitrogen and oxygen atoms in total. The number of carbonyl (C=O) groups is 1. The maximum Gasteiger partial charge on any atom is 0.260 e. The molecule has 2 aromatic heterocycles. The van der Waals surface area contributed by atoms with Crippen molar-refractivity contribution in [1.82, 2.24) is 9.97 Å². The van der Waals surface area contributed by atoms with E-state index in [0.29, 0.717) is 32.0 Å². The number of aromatic nitrogens is 2. The summed E-state index contributed by atoms with van der Waals surface area (Å²) < 4.78 is 0. The van der Waals surface area contributed by atoms with Crippen LogP contribution in [0.25, 0.3) is 21.3 Å². The molecule has 0 fully saturated rings. The van der Waals surface area contributed by atoms with Gasteiger partial charge in [-0.25, -0.2) is 4.98 Å². The molecule has 0 aliphatic rings. The van der Waals surface area contributed by atoms with Crippen LogP contribution in [0, 0.1) is 6.92 Å². The van der Waals surface area contributed by atoms with Gasteiger partial charge in [-0.15, -0.1) is 11.3 Å². The summed E-state index contributed by atoms with van der Waals surface area (Å²) in [6.45, 7) is 6.19. The quantitative estimate of drug-likeness (QED) is 0.243. The molecule has 2 N–H and O–H groups in total. The zero-order valence-corrected chi connectivity index (χ0v) is 20.3. The Morgan fingerprint density at radius 2 is 1.97 bits per heavy atom. The fourth-order valence-corrected chi connectivity index (χ4v) is 5.24. The summed E-state index contributed by atoms with van der Waals surface area (Å²) in [5, 5.41) is 6.45. The van der Waals surface area contributed by atoms with E-state index in [0.717, 1.165) is 16.7 Å². The van der Waals surface area contributed by atoms with Gasteiger partial charge in [0.15, 0.2) is 5.16 Å². The lowest BCUT2D eigenvalue weighted by Crippen LogP contribution is -2.16. The van der Waals surface area contributed by atoms with Crippen molar-refractivity contribution in [1.29, 1.82) is 0 Å². The first-order chi connectivity index (χ1) is 15.3. The molecule has 4 rings (SSSR count). The first-order valence-corrected chi connectivity index (χ1v) is 12.4. The minimum atomic E-state index is -0.198. The van der Waals surface area contributed by atoms with Gasteiger partial charge >= 0.3 is 0 Å². The van der Waals surface area contributed by atoms with Gasteiger partial charge in [0.25, 0.3) is 5.56 Å². The molecule has 0 saturated carbocycles. The van der Waals surface area contributed by atoms with E-state index in [2.05, 4.69) is 41.3 Å². The number of aryl methyl sites for hydroxylation is 1. The highest BCUT2D eigenvalue weighted by Crippen LogP contribution is 2.32. The minimum Gasteiger partial charge on any atom is -0.325 e. The molecule has 0 saturated heterocycles.